The number of ether oxygens (including phenoxy) is 1. The van der Waals surface area contributed by atoms with E-state index < -0.39 is 5.60 Å². The van der Waals surface area contributed by atoms with Crippen molar-refractivity contribution >= 4 is 11.8 Å². The lowest BCUT2D eigenvalue weighted by atomic mass is 9.91. The summed E-state index contributed by atoms with van der Waals surface area (Å²) in [4.78, 5) is 18.1. The molecule has 0 aliphatic carbocycles. The molecule has 1 saturated heterocycles. The maximum atomic E-state index is 12.0. The average molecular weight is 302 g/mol. The van der Waals surface area contributed by atoms with Gasteiger partial charge in [0.05, 0.1) is 16.9 Å². The molecule has 1 aromatic rings. The van der Waals surface area contributed by atoms with Crippen LogP contribution in [0.1, 0.15) is 50.8 Å². The standard InChI is InChI=1S/C16H22N4O2/c1-16(2,3)22-15(21)20-8-5-11(6-9-20)14-13(18)12(10-17)4-7-19-14/h4,7,11H,5-6,8-9,18H2,1-3H3. The Morgan fingerprint density at radius 1 is 1.45 bits per heavy atom. The summed E-state index contributed by atoms with van der Waals surface area (Å²) in [5.41, 5.74) is 7.21. The number of pyridine rings is 1. The highest BCUT2D eigenvalue weighted by atomic mass is 16.6. The van der Waals surface area contributed by atoms with Gasteiger partial charge in [-0.15, -0.1) is 0 Å². The van der Waals surface area contributed by atoms with E-state index in [0.717, 1.165) is 18.5 Å². The average Bonchev–Trinajstić information content (AvgIpc) is 2.46. The van der Waals surface area contributed by atoms with Crippen LogP contribution in [0.5, 0.6) is 0 Å². The first kappa shape index (κ1) is 16.1. The first-order valence-electron chi connectivity index (χ1n) is 7.44. The molecule has 118 valence electrons. The van der Waals surface area contributed by atoms with Crippen LogP contribution in [0.4, 0.5) is 10.5 Å². The van der Waals surface area contributed by atoms with E-state index in [1.165, 1.54) is 0 Å². The van der Waals surface area contributed by atoms with E-state index in [9.17, 15) is 4.79 Å². The largest absolute Gasteiger partial charge is 0.444 e. The van der Waals surface area contributed by atoms with Gasteiger partial charge in [0.15, 0.2) is 0 Å². The first-order chi connectivity index (χ1) is 10.3. The van der Waals surface area contributed by atoms with Gasteiger partial charge < -0.3 is 15.4 Å². The number of nitrogen functional groups attached to an aromatic ring is 1. The number of carbonyl (C=O) groups excluding carboxylic acids is 1. The van der Waals surface area contributed by atoms with Gasteiger partial charge in [0.1, 0.15) is 11.7 Å². The summed E-state index contributed by atoms with van der Waals surface area (Å²) < 4.78 is 5.38. The second-order valence-corrected chi connectivity index (χ2v) is 6.51. The summed E-state index contributed by atoms with van der Waals surface area (Å²) >= 11 is 0. The number of aromatic nitrogens is 1. The molecule has 2 N–H and O–H groups in total. The number of nitriles is 1. The summed E-state index contributed by atoms with van der Waals surface area (Å²) in [7, 11) is 0. The molecule has 1 aromatic heterocycles. The van der Waals surface area contributed by atoms with Crippen LogP contribution in [0.2, 0.25) is 0 Å². The number of nitrogens with two attached hydrogens (primary N) is 1. The third kappa shape index (κ3) is 3.67. The zero-order valence-corrected chi connectivity index (χ0v) is 13.3. The predicted octanol–water partition coefficient (Wildman–Crippen LogP) is 2.65. The van der Waals surface area contributed by atoms with Gasteiger partial charge >= 0.3 is 6.09 Å². The number of likely N-dealkylation sites (tertiary alicyclic amines) is 1. The highest BCUT2D eigenvalue weighted by Gasteiger charge is 2.29. The van der Waals surface area contributed by atoms with Crippen molar-refractivity contribution in [3.8, 4) is 6.07 Å². The third-order valence-corrected chi connectivity index (χ3v) is 3.67. The second-order valence-electron chi connectivity index (χ2n) is 6.51. The van der Waals surface area contributed by atoms with Crippen molar-refractivity contribution in [3.63, 3.8) is 0 Å². The van der Waals surface area contributed by atoms with E-state index in [4.69, 9.17) is 15.7 Å². The van der Waals surface area contributed by atoms with Gasteiger partial charge in [-0.25, -0.2) is 4.79 Å². The normalized spacial score (nSPS) is 16.2. The predicted molar refractivity (Wildman–Crippen MR) is 83.1 cm³/mol. The molecule has 0 radical (unpaired) electrons. The molecule has 1 aliphatic heterocycles. The lowest BCUT2D eigenvalue weighted by Gasteiger charge is -2.33. The smallest absolute Gasteiger partial charge is 0.410 e. The van der Waals surface area contributed by atoms with Crippen LogP contribution in [0.15, 0.2) is 12.3 Å². The van der Waals surface area contributed by atoms with Crippen molar-refractivity contribution < 1.29 is 9.53 Å². The molecule has 0 saturated carbocycles. The Bertz CT molecular complexity index is 593. The lowest BCUT2D eigenvalue weighted by molar-refractivity contribution is 0.0204. The first-order valence-corrected chi connectivity index (χ1v) is 7.44. The Morgan fingerprint density at radius 3 is 2.64 bits per heavy atom. The molecule has 1 aliphatic rings. The Kier molecular flexibility index (Phi) is 4.55. The van der Waals surface area contributed by atoms with E-state index in [0.29, 0.717) is 24.3 Å². The van der Waals surface area contributed by atoms with Crippen LogP contribution in [0.3, 0.4) is 0 Å². The van der Waals surface area contributed by atoms with Crippen molar-refractivity contribution in [2.24, 2.45) is 0 Å². The minimum absolute atomic E-state index is 0.173. The van der Waals surface area contributed by atoms with Gasteiger partial charge in [0, 0.05) is 25.2 Å². The highest BCUT2D eigenvalue weighted by molar-refractivity contribution is 5.68. The summed E-state index contributed by atoms with van der Waals surface area (Å²) in [5, 5.41) is 9.04. The Hall–Kier alpha value is -2.29. The van der Waals surface area contributed by atoms with Crippen LogP contribution < -0.4 is 5.73 Å². The number of nitrogens with zero attached hydrogens (tertiary/aromatic N) is 3. The fraction of sp³-hybridized carbons (Fsp3) is 0.562. The molecule has 0 atom stereocenters. The van der Waals surface area contributed by atoms with Crippen molar-refractivity contribution in [2.75, 3.05) is 18.8 Å². The van der Waals surface area contributed by atoms with Crippen LogP contribution in [0, 0.1) is 11.3 Å². The van der Waals surface area contributed by atoms with Gasteiger partial charge in [0.25, 0.3) is 0 Å². The molecule has 0 spiro atoms. The minimum atomic E-state index is -0.485. The zero-order valence-electron chi connectivity index (χ0n) is 13.3. The van der Waals surface area contributed by atoms with Crippen molar-refractivity contribution in [1.82, 2.24) is 9.88 Å². The van der Waals surface area contributed by atoms with Gasteiger partial charge in [-0.3, -0.25) is 4.98 Å². The van der Waals surface area contributed by atoms with Gasteiger partial charge in [-0.05, 0) is 39.7 Å². The Labute approximate surface area is 130 Å². The fourth-order valence-electron chi connectivity index (χ4n) is 2.57. The highest BCUT2D eigenvalue weighted by Crippen LogP contribution is 2.31. The minimum Gasteiger partial charge on any atom is -0.444 e. The molecule has 2 rings (SSSR count). The molecule has 22 heavy (non-hydrogen) atoms. The van der Waals surface area contributed by atoms with Gasteiger partial charge in [-0.2, -0.15) is 5.26 Å². The third-order valence-electron chi connectivity index (χ3n) is 3.67. The van der Waals surface area contributed by atoms with E-state index in [-0.39, 0.29) is 12.0 Å². The second kappa shape index (κ2) is 6.22. The monoisotopic (exact) mass is 302 g/mol. The summed E-state index contributed by atoms with van der Waals surface area (Å²) in [6.45, 7) is 6.79. The summed E-state index contributed by atoms with van der Waals surface area (Å²) in [6.07, 6.45) is 2.87. The van der Waals surface area contributed by atoms with E-state index in [1.807, 2.05) is 20.8 Å². The number of rotatable bonds is 1. The van der Waals surface area contributed by atoms with Crippen LogP contribution in [0.25, 0.3) is 0 Å². The van der Waals surface area contributed by atoms with Gasteiger partial charge in [0.2, 0.25) is 0 Å². The SMILES string of the molecule is CC(C)(C)OC(=O)N1CCC(c2nccc(C#N)c2N)CC1. The number of carbonyl (C=O) groups is 1. The van der Waals surface area contributed by atoms with Crippen LogP contribution >= 0.6 is 0 Å². The maximum absolute atomic E-state index is 12.0. The summed E-state index contributed by atoms with van der Waals surface area (Å²) in [6, 6.07) is 3.70. The number of piperidine rings is 1. The number of anilines is 1. The zero-order chi connectivity index (χ0) is 16.3. The molecular formula is C16H22N4O2. The van der Waals surface area contributed by atoms with Crippen LogP contribution in [-0.2, 0) is 4.74 Å². The van der Waals surface area contributed by atoms with Crippen LogP contribution in [-0.4, -0.2) is 34.7 Å². The van der Waals surface area contributed by atoms with Gasteiger partial charge in [-0.1, -0.05) is 0 Å². The fourth-order valence-corrected chi connectivity index (χ4v) is 2.57. The molecule has 6 heteroatoms. The number of hydrogen-bond donors (Lipinski definition) is 1. The molecule has 1 amide bonds. The quantitative estimate of drug-likeness (QED) is 0.861. The Morgan fingerprint density at radius 2 is 2.09 bits per heavy atom. The maximum Gasteiger partial charge on any atom is 0.410 e. The molecule has 0 unspecified atom stereocenters. The van der Waals surface area contributed by atoms with E-state index >= 15 is 0 Å². The molecule has 0 bridgehead atoms. The molecule has 2 heterocycles. The molecule has 0 aromatic carbocycles. The van der Waals surface area contributed by atoms with Crippen molar-refractivity contribution in [2.45, 2.75) is 45.1 Å². The number of hydrogen-bond acceptors (Lipinski definition) is 5. The summed E-state index contributed by atoms with van der Waals surface area (Å²) in [5.74, 6) is 0.173. The lowest BCUT2D eigenvalue weighted by Crippen LogP contribution is -2.41. The Balaban J connectivity index is 2.01. The molecule has 1 fully saturated rings. The van der Waals surface area contributed by atoms with Crippen molar-refractivity contribution in [3.05, 3.63) is 23.5 Å². The topological polar surface area (TPSA) is 92.2 Å². The van der Waals surface area contributed by atoms with E-state index in [2.05, 4.69) is 11.1 Å². The van der Waals surface area contributed by atoms with E-state index in [1.54, 1.807) is 17.2 Å². The van der Waals surface area contributed by atoms with Crippen molar-refractivity contribution in [1.29, 1.82) is 5.26 Å². The molecule has 6 nitrogen and oxygen atoms in total. The molecular weight excluding hydrogens is 280 g/mol. The number of amides is 1.